The van der Waals surface area contributed by atoms with E-state index < -0.39 is 6.10 Å². The minimum absolute atomic E-state index is 0.00432. The van der Waals surface area contributed by atoms with Crippen LogP contribution in [0.5, 0.6) is 0 Å². The average Bonchev–Trinajstić information content (AvgIpc) is 3.12. The van der Waals surface area contributed by atoms with Crippen LogP contribution in [0.4, 0.5) is 10.5 Å². The van der Waals surface area contributed by atoms with Crippen molar-refractivity contribution in [3.63, 3.8) is 0 Å². The molecular weight excluding hydrogens is 326 g/mol. The van der Waals surface area contributed by atoms with Crippen LogP contribution in [0.15, 0.2) is 48.5 Å². The molecule has 5 nitrogen and oxygen atoms in total. The molecule has 0 spiro atoms. The highest BCUT2D eigenvalue weighted by atomic mass is 16.3. The highest BCUT2D eigenvalue weighted by molar-refractivity contribution is 5.90. The Bertz CT molecular complexity index is 814. The van der Waals surface area contributed by atoms with E-state index in [1.54, 1.807) is 17.0 Å². The number of amides is 2. The second-order valence-corrected chi connectivity index (χ2v) is 6.72. The van der Waals surface area contributed by atoms with E-state index in [0.29, 0.717) is 24.2 Å². The highest BCUT2D eigenvalue weighted by Crippen LogP contribution is 2.28. The van der Waals surface area contributed by atoms with Gasteiger partial charge in [-0.15, -0.1) is 0 Å². The van der Waals surface area contributed by atoms with E-state index in [9.17, 15) is 9.90 Å². The van der Waals surface area contributed by atoms with Crippen LogP contribution in [-0.2, 0) is 0 Å². The summed E-state index contributed by atoms with van der Waals surface area (Å²) in [5, 5.41) is 22.5. The third kappa shape index (κ3) is 4.04. The van der Waals surface area contributed by atoms with Gasteiger partial charge in [0.15, 0.2) is 0 Å². The van der Waals surface area contributed by atoms with Crippen LogP contribution in [-0.4, -0.2) is 28.6 Å². The molecule has 3 rings (SSSR count). The molecule has 0 bridgehead atoms. The molecular formula is C21H23N3O2. The van der Waals surface area contributed by atoms with Crippen LogP contribution < -0.4 is 5.32 Å². The quantitative estimate of drug-likeness (QED) is 0.876. The standard InChI is InChI=1S/C21H23N3O2/c1-15-9-10-16(14-22)12-19(15)23-21(26)24-11-5-8-18(24)13-20(25)17-6-3-2-4-7-17/h2-4,6-7,9-10,12,18,20,25H,5,8,11,13H2,1H3,(H,23,26). The van der Waals surface area contributed by atoms with Crippen molar-refractivity contribution in [2.75, 3.05) is 11.9 Å². The Labute approximate surface area is 153 Å². The second kappa shape index (κ2) is 8.03. The number of carbonyl (C=O) groups excluding carboxylic acids is 1. The first-order chi connectivity index (χ1) is 12.6. The number of hydrogen-bond donors (Lipinski definition) is 2. The third-order valence-electron chi connectivity index (χ3n) is 4.93. The predicted molar refractivity (Wildman–Crippen MR) is 101 cm³/mol. The van der Waals surface area contributed by atoms with E-state index in [1.165, 1.54) is 0 Å². The minimum atomic E-state index is -0.585. The molecule has 5 heteroatoms. The van der Waals surface area contributed by atoms with E-state index in [-0.39, 0.29) is 12.1 Å². The first kappa shape index (κ1) is 18.0. The van der Waals surface area contributed by atoms with Crippen molar-refractivity contribution >= 4 is 11.7 Å². The lowest BCUT2D eigenvalue weighted by molar-refractivity contribution is 0.129. The van der Waals surface area contributed by atoms with Crippen molar-refractivity contribution in [2.24, 2.45) is 0 Å². The van der Waals surface area contributed by atoms with Gasteiger partial charge in [-0.2, -0.15) is 5.26 Å². The zero-order valence-electron chi connectivity index (χ0n) is 14.9. The van der Waals surface area contributed by atoms with Gasteiger partial charge in [-0.1, -0.05) is 36.4 Å². The number of aryl methyl sites for hydroxylation is 1. The Morgan fingerprint density at radius 2 is 2.12 bits per heavy atom. The Kier molecular flexibility index (Phi) is 5.55. The molecule has 0 radical (unpaired) electrons. The fourth-order valence-corrected chi connectivity index (χ4v) is 3.43. The van der Waals surface area contributed by atoms with Crippen molar-refractivity contribution in [1.82, 2.24) is 4.90 Å². The normalized spacial score (nSPS) is 17.6. The summed E-state index contributed by atoms with van der Waals surface area (Å²) in [4.78, 5) is 14.5. The maximum Gasteiger partial charge on any atom is 0.322 e. The summed E-state index contributed by atoms with van der Waals surface area (Å²) >= 11 is 0. The number of nitrogens with zero attached hydrogens (tertiary/aromatic N) is 2. The SMILES string of the molecule is Cc1ccc(C#N)cc1NC(=O)N1CCCC1CC(O)c1ccccc1. The van der Waals surface area contributed by atoms with Crippen LogP contribution in [0.2, 0.25) is 0 Å². The number of rotatable bonds is 4. The first-order valence-corrected chi connectivity index (χ1v) is 8.90. The zero-order valence-corrected chi connectivity index (χ0v) is 14.9. The molecule has 2 atom stereocenters. The smallest absolute Gasteiger partial charge is 0.322 e. The molecule has 1 heterocycles. The highest BCUT2D eigenvalue weighted by Gasteiger charge is 2.31. The van der Waals surface area contributed by atoms with Gasteiger partial charge < -0.3 is 15.3 Å². The van der Waals surface area contributed by atoms with Gasteiger partial charge in [0.25, 0.3) is 0 Å². The van der Waals surface area contributed by atoms with Crippen molar-refractivity contribution < 1.29 is 9.90 Å². The molecule has 1 aliphatic rings. The fourth-order valence-electron chi connectivity index (χ4n) is 3.43. The third-order valence-corrected chi connectivity index (χ3v) is 4.93. The molecule has 2 aromatic rings. The Hall–Kier alpha value is -2.84. The maximum atomic E-state index is 12.7. The molecule has 1 aliphatic heterocycles. The van der Waals surface area contributed by atoms with Gasteiger partial charge in [0.05, 0.1) is 17.7 Å². The van der Waals surface area contributed by atoms with Gasteiger partial charge in [-0.25, -0.2) is 4.79 Å². The van der Waals surface area contributed by atoms with Crippen LogP contribution in [0.1, 0.15) is 42.1 Å². The van der Waals surface area contributed by atoms with Crippen molar-refractivity contribution in [1.29, 1.82) is 5.26 Å². The molecule has 1 fully saturated rings. The summed E-state index contributed by atoms with van der Waals surface area (Å²) in [5.74, 6) is 0. The van der Waals surface area contributed by atoms with Crippen molar-refractivity contribution in [3.05, 3.63) is 65.2 Å². The second-order valence-electron chi connectivity index (χ2n) is 6.72. The molecule has 134 valence electrons. The molecule has 0 aliphatic carbocycles. The van der Waals surface area contributed by atoms with Crippen LogP contribution >= 0.6 is 0 Å². The molecule has 1 saturated heterocycles. The lowest BCUT2D eigenvalue weighted by Crippen LogP contribution is -2.39. The van der Waals surface area contributed by atoms with Gasteiger partial charge in [0.1, 0.15) is 0 Å². The van der Waals surface area contributed by atoms with Crippen LogP contribution in [0.25, 0.3) is 0 Å². The van der Waals surface area contributed by atoms with Gasteiger partial charge in [0, 0.05) is 18.3 Å². The summed E-state index contributed by atoms with van der Waals surface area (Å²) in [6, 6.07) is 16.7. The number of aliphatic hydroxyl groups excluding tert-OH is 1. The maximum absolute atomic E-state index is 12.7. The summed E-state index contributed by atoms with van der Waals surface area (Å²) in [6.07, 6.45) is 1.75. The lowest BCUT2D eigenvalue weighted by Gasteiger charge is -2.27. The van der Waals surface area contributed by atoms with Gasteiger partial charge >= 0.3 is 6.03 Å². The molecule has 0 saturated carbocycles. The van der Waals surface area contributed by atoms with E-state index in [4.69, 9.17) is 5.26 Å². The minimum Gasteiger partial charge on any atom is -0.388 e. The summed E-state index contributed by atoms with van der Waals surface area (Å²) in [6.45, 7) is 2.58. The topological polar surface area (TPSA) is 76.4 Å². The van der Waals surface area contributed by atoms with Gasteiger partial charge in [-0.05, 0) is 49.4 Å². The number of likely N-dealkylation sites (tertiary alicyclic amines) is 1. The van der Waals surface area contributed by atoms with E-state index in [2.05, 4.69) is 11.4 Å². The van der Waals surface area contributed by atoms with Crippen molar-refractivity contribution in [3.8, 4) is 6.07 Å². The number of hydrogen-bond acceptors (Lipinski definition) is 3. The Balaban J connectivity index is 1.68. The Morgan fingerprint density at radius 1 is 1.35 bits per heavy atom. The molecule has 2 unspecified atom stereocenters. The van der Waals surface area contributed by atoms with Crippen LogP contribution in [0, 0.1) is 18.3 Å². The number of carbonyl (C=O) groups is 1. The molecule has 26 heavy (non-hydrogen) atoms. The van der Waals surface area contributed by atoms with Crippen LogP contribution in [0.3, 0.4) is 0 Å². The largest absolute Gasteiger partial charge is 0.388 e. The average molecular weight is 349 g/mol. The molecule has 0 aromatic heterocycles. The Morgan fingerprint density at radius 3 is 2.85 bits per heavy atom. The first-order valence-electron chi connectivity index (χ1n) is 8.90. The monoisotopic (exact) mass is 349 g/mol. The summed E-state index contributed by atoms with van der Waals surface area (Å²) < 4.78 is 0. The summed E-state index contributed by atoms with van der Waals surface area (Å²) in [5.41, 5.74) is 2.96. The summed E-state index contributed by atoms with van der Waals surface area (Å²) in [7, 11) is 0. The van der Waals surface area contributed by atoms with Gasteiger partial charge in [-0.3, -0.25) is 0 Å². The predicted octanol–water partition coefficient (Wildman–Crippen LogP) is 3.99. The number of benzene rings is 2. The number of anilines is 1. The van der Waals surface area contributed by atoms with E-state index in [1.807, 2.05) is 43.3 Å². The van der Waals surface area contributed by atoms with E-state index >= 15 is 0 Å². The molecule has 2 aromatic carbocycles. The molecule has 2 amide bonds. The van der Waals surface area contributed by atoms with E-state index in [0.717, 1.165) is 24.0 Å². The van der Waals surface area contributed by atoms with Crippen molar-refractivity contribution in [2.45, 2.75) is 38.3 Å². The molecule has 2 N–H and O–H groups in total. The zero-order chi connectivity index (χ0) is 18.5. The number of urea groups is 1. The number of nitriles is 1. The fraction of sp³-hybridized carbons (Fsp3) is 0.333. The number of aliphatic hydroxyl groups is 1. The van der Waals surface area contributed by atoms with Gasteiger partial charge in [0.2, 0.25) is 0 Å². The lowest BCUT2D eigenvalue weighted by atomic mass is 10.0. The number of nitrogens with one attached hydrogen (secondary N) is 1.